The summed E-state index contributed by atoms with van der Waals surface area (Å²) in [5, 5.41) is 21.6. The number of amides is 2. The minimum atomic E-state index is -5.08. The van der Waals surface area contributed by atoms with E-state index in [1.54, 1.807) is 18.2 Å². The first-order valence-corrected chi connectivity index (χ1v) is 13.4. The van der Waals surface area contributed by atoms with Gasteiger partial charge in [0.05, 0.1) is 14.6 Å². The smallest absolute Gasteiger partial charge is 0.480 e. The van der Waals surface area contributed by atoms with Gasteiger partial charge in [-0.25, -0.2) is 18.2 Å². The number of carboxylic acid groups (broad SMARTS) is 2. The van der Waals surface area contributed by atoms with Gasteiger partial charge >= 0.3 is 18.1 Å². The summed E-state index contributed by atoms with van der Waals surface area (Å²) in [6.07, 6.45) is -3.55. The number of sulfonamides is 1. The number of benzene rings is 1. The number of carbonyl (C=O) groups excluding carboxylic acids is 2. The van der Waals surface area contributed by atoms with Gasteiger partial charge in [-0.3, -0.25) is 14.4 Å². The molecule has 18 heteroatoms. The maximum Gasteiger partial charge on any atom is 0.490 e. The highest BCUT2D eigenvalue weighted by Crippen LogP contribution is 2.17. The fraction of sp³-hybridized carbons (Fsp3) is 0.174. The van der Waals surface area contributed by atoms with Crippen molar-refractivity contribution in [3.05, 3.63) is 76.1 Å². The van der Waals surface area contributed by atoms with E-state index < -0.39 is 52.5 Å². The number of nitrogens with one attached hydrogen (secondary N) is 3. The minimum Gasteiger partial charge on any atom is -0.480 e. The number of thiophene rings is 1. The van der Waals surface area contributed by atoms with Crippen LogP contribution >= 0.6 is 11.3 Å². The number of anilines is 1. The summed E-state index contributed by atoms with van der Waals surface area (Å²) in [4.78, 5) is 49.4. The van der Waals surface area contributed by atoms with Crippen LogP contribution in [0, 0.1) is 0 Å². The van der Waals surface area contributed by atoms with Crippen LogP contribution in [0.4, 0.5) is 19.0 Å². The van der Waals surface area contributed by atoms with Gasteiger partial charge in [0.25, 0.3) is 11.8 Å². The van der Waals surface area contributed by atoms with Crippen LogP contribution < -0.4 is 21.1 Å². The number of alkyl halides is 3. The predicted molar refractivity (Wildman–Crippen MR) is 138 cm³/mol. The molecule has 1 atom stereocenters. The van der Waals surface area contributed by atoms with E-state index in [2.05, 4.69) is 20.3 Å². The Bertz CT molecular complexity index is 1480. The molecule has 7 N–H and O–H groups in total. The number of aliphatic carboxylic acids is 2. The van der Waals surface area contributed by atoms with E-state index in [4.69, 9.17) is 15.6 Å². The second kappa shape index (κ2) is 14.2. The zero-order chi connectivity index (χ0) is 30.8. The fourth-order valence-electron chi connectivity index (χ4n) is 2.71. The van der Waals surface area contributed by atoms with E-state index in [0.29, 0.717) is 5.82 Å². The highest BCUT2D eigenvalue weighted by molar-refractivity contribution is 7.89. The normalized spacial score (nSPS) is 11.9. The number of nitrogens with two attached hydrogens (primary N) is 1. The summed E-state index contributed by atoms with van der Waals surface area (Å²) in [6.45, 7) is -0.281. The van der Waals surface area contributed by atoms with Gasteiger partial charge < -0.3 is 26.6 Å². The Balaban J connectivity index is 0.000000745. The third kappa shape index (κ3) is 10.5. The fourth-order valence-corrected chi connectivity index (χ4v) is 4.76. The van der Waals surface area contributed by atoms with Gasteiger partial charge in [-0.15, -0.1) is 11.3 Å². The summed E-state index contributed by atoms with van der Waals surface area (Å²) in [7, 11) is -4.10. The second-order valence-electron chi connectivity index (χ2n) is 7.78. The van der Waals surface area contributed by atoms with E-state index in [0.717, 1.165) is 16.9 Å². The lowest BCUT2D eigenvalue weighted by atomic mass is 10.3. The molecule has 0 radical (unpaired) electrons. The van der Waals surface area contributed by atoms with Gasteiger partial charge in [-0.05, 0) is 35.9 Å². The molecule has 2 aromatic heterocycles. The summed E-state index contributed by atoms with van der Waals surface area (Å²) >= 11 is 0.911. The largest absolute Gasteiger partial charge is 0.490 e. The minimum absolute atomic E-state index is 0.101. The first-order chi connectivity index (χ1) is 19.1. The lowest BCUT2D eigenvalue weighted by molar-refractivity contribution is -0.192. The number of nitrogens with zero attached hydrogens (tertiary/aromatic N) is 1. The van der Waals surface area contributed by atoms with Gasteiger partial charge in [0.15, 0.2) is 0 Å². The molecular formula is C23H22F3N5O8S2. The number of carbonyl (C=O) groups is 4. The summed E-state index contributed by atoms with van der Waals surface area (Å²) in [6, 6.07) is 11.9. The van der Waals surface area contributed by atoms with Gasteiger partial charge in [-0.2, -0.15) is 17.9 Å². The number of halogens is 3. The van der Waals surface area contributed by atoms with Crippen LogP contribution in [-0.2, 0) is 26.2 Å². The van der Waals surface area contributed by atoms with Crippen molar-refractivity contribution in [1.82, 2.24) is 20.3 Å². The maximum absolute atomic E-state index is 12.4. The van der Waals surface area contributed by atoms with E-state index in [9.17, 15) is 41.1 Å². The zero-order valence-electron chi connectivity index (χ0n) is 20.6. The highest BCUT2D eigenvalue weighted by atomic mass is 32.2. The highest BCUT2D eigenvalue weighted by Gasteiger charge is 2.38. The Labute approximate surface area is 234 Å². The van der Waals surface area contributed by atoms with Crippen molar-refractivity contribution in [1.29, 1.82) is 0 Å². The topological polar surface area (TPSA) is 218 Å². The van der Waals surface area contributed by atoms with Crippen LogP contribution in [0.3, 0.4) is 0 Å². The lowest BCUT2D eigenvalue weighted by Gasteiger charge is -2.15. The zero-order valence-corrected chi connectivity index (χ0v) is 22.2. The average Bonchev–Trinajstić information content (AvgIpc) is 3.41. The Hall–Kier alpha value is -4.55. The van der Waals surface area contributed by atoms with Crippen molar-refractivity contribution < 1.29 is 51.0 Å². The molecule has 220 valence electrons. The Morgan fingerprint density at radius 3 is 1.98 bits per heavy atom. The first kappa shape index (κ1) is 32.7. The summed E-state index contributed by atoms with van der Waals surface area (Å²) in [5.74, 6) is -4.89. The van der Waals surface area contributed by atoms with Gasteiger partial charge in [-0.1, -0.05) is 24.3 Å². The molecule has 0 saturated carbocycles. The van der Waals surface area contributed by atoms with Crippen molar-refractivity contribution in [2.75, 3.05) is 12.3 Å². The van der Waals surface area contributed by atoms with Crippen LogP contribution in [0.1, 0.15) is 24.9 Å². The predicted octanol–water partition coefficient (Wildman–Crippen LogP) is 1.45. The maximum atomic E-state index is 12.4. The molecular weight excluding hydrogens is 595 g/mol. The van der Waals surface area contributed by atoms with Crippen molar-refractivity contribution in [2.45, 2.75) is 23.7 Å². The molecule has 0 bridgehead atoms. The molecule has 13 nitrogen and oxygen atoms in total. The molecule has 1 unspecified atom stereocenters. The summed E-state index contributed by atoms with van der Waals surface area (Å²) in [5.41, 5.74) is 6.27. The lowest BCUT2D eigenvalue weighted by Crippen LogP contribution is -2.48. The molecule has 2 heterocycles. The number of hydrogen-bond donors (Lipinski definition) is 6. The molecule has 1 aromatic carbocycles. The third-order valence-electron chi connectivity index (χ3n) is 4.71. The standard InChI is InChI=1S/C21H21N5O6S2.C2HF3O2/c22-18-9-6-13(10-23-18)11-24-19(27)16-7-8-17(33-16)20(28)25-12-15(21(29)30)26-34(31,32)14-4-2-1-3-5-14;3-2(4,5)1(6)7/h1-10,15,26H,11-12H2,(H2,22,23)(H,24,27)(H,25,28)(H,29,30);(H,6,7). The van der Waals surface area contributed by atoms with Crippen molar-refractivity contribution >= 4 is 50.9 Å². The van der Waals surface area contributed by atoms with Crippen molar-refractivity contribution in [2.24, 2.45) is 0 Å². The van der Waals surface area contributed by atoms with Crippen molar-refractivity contribution in [3.63, 3.8) is 0 Å². The van der Waals surface area contributed by atoms with E-state index in [-0.39, 0.29) is 21.2 Å². The van der Waals surface area contributed by atoms with Gasteiger partial charge in [0, 0.05) is 19.3 Å². The quantitative estimate of drug-likeness (QED) is 0.192. The molecule has 0 aliphatic rings. The third-order valence-corrected chi connectivity index (χ3v) is 7.28. The van der Waals surface area contributed by atoms with Gasteiger partial charge in [0.1, 0.15) is 11.9 Å². The number of rotatable bonds is 10. The number of aromatic nitrogens is 1. The molecule has 0 saturated heterocycles. The van der Waals surface area contributed by atoms with Gasteiger partial charge in [0.2, 0.25) is 10.0 Å². The Kier molecular flexibility index (Phi) is 11.3. The molecule has 41 heavy (non-hydrogen) atoms. The van der Waals surface area contributed by atoms with E-state index in [1.165, 1.54) is 42.6 Å². The van der Waals surface area contributed by atoms with Crippen LogP contribution in [0.25, 0.3) is 0 Å². The monoisotopic (exact) mass is 617 g/mol. The molecule has 2 amide bonds. The molecule has 3 rings (SSSR count). The Morgan fingerprint density at radius 2 is 1.49 bits per heavy atom. The Morgan fingerprint density at radius 1 is 0.927 bits per heavy atom. The van der Waals surface area contributed by atoms with Crippen molar-refractivity contribution in [3.8, 4) is 0 Å². The van der Waals surface area contributed by atoms with Crippen LogP contribution in [0.5, 0.6) is 0 Å². The number of pyridine rings is 1. The molecule has 0 fully saturated rings. The van der Waals surface area contributed by atoms with Crippen LogP contribution in [0.15, 0.2) is 65.7 Å². The molecule has 0 spiro atoms. The molecule has 0 aliphatic heterocycles. The molecule has 3 aromatic rings. The summed E-state index contributed by atoms with van der Waals surface area (Å²) < 4.78 is 58.6. The number of carboxylic acids is 2. The molecule has 0 aliphatic carbocycles. The average molecular weight is 618 g/mol. The van der Waals surface area contributed by atoms with E-state index >= 15 is 0 Å². The number of nitrogen functional groups attached to an aromatic ring is 1. The van der Waals surface area contributed by atoms with Crippen LogP contribution in [0.2, 0.25) is 0 Å². The number of hydrogen-bond acceptors (Lipinski definition) is 9. The second-order valence-corrected chi connectivity index (χ2v) is 10.6. The van der Waals surface area contributed by atoms with Crippen LogP contribution in [-0.4, -0.2) is 66.1 Å². The SMILES string of the molecule is Nc1ccc(CNC(=O)c2ccc(C(=O)NCC(NS(=O)(=O)c3ccccc3)C(=O)O)s2)cn1.O=C(O)C(F)(F)F. The van der Waals surface area contributed by atoms with E-state index in [1.807, 2.05) is 0 Å². The first-order valence-electron chi connectivity index (χ1n) is 11.1.